The molecule has 1 heterocycles. The van der Waals surface area contributed by atoms with Gasteiger partial charge in [0.25, 0.3) is 0 Å². The van der Waals surface area contributed by atoms with E-state index in [9.17, 15) is 4.79 Å². The van der Waals surface area contributed by atoms with Crippen molar-refractivity contribution in [1.29, 1.82) is 0 Å². The highest BCUT2D eigenvalue weighted by molar-refractivity contribution is 5.97. The van der Waals surface area contributed by atoms with E-state index in [0.717, 1.165) is 29.9 Å². The normalized spacial score (nSPS) is 10.6. The van der Waals surface area contributed by atoms with Gasteiger partial charge in [-0.2, -0.15) is 5.10 Å². The van der Waals surface area contributed by atoms with Crippen LogP contribution in [0.25, 0.3) is 0 Å². The van der Waals surface area contributed by atoms with Crippen molar-refractivity contribution in [2.24, 2.45) is 0 Å². The molecule has 1 aromatic heterocycles. The van der Waals surface area contributed by atoms with Crippen LogP contribution in [-0.2, 0) is 13.0 Å². The summed E-state index contributed by atoms with van der Waals surface area (Å²) in [5, 5.41) is 4.12. The molecule has 18 heavy (non-hydrogen) atoms. The number of ketones is 1. The van der Waals surface area contributed by atoms with E-state index in [1.165, 1.54) is 6.33 Å². The van der Waals surface area contributed by atoms with Gasteiger partial charge in [-0.15, -0.1) is 0 Å². The molecule has 0 aliphatic heterocycles. The van der Waals surface area contributed by atoms with Crippen molar-refractivity contribution in [2.75, 3.05) is 0 Å². The van der Waals surface area contributed by atoms with Crippen molar-refractivity contribution in [1.82, 2.24) is 14.8 Å². The zero-order valence-electron chi connectivity index (χ0n) is 10.8. The van der Waals surface area contributed by atoms with Crippen LogP contribution in [0, 0.1) is 6.92 Å². The minimum absolute atomic E-state index is 0.0837. The number of rotatable bonds is 5. The SMILES string of the molecule is CCCn1ncnc1CC(=O)c1ccc(C)cc1. The molecule has 4 nitrogen and oxygen atoms in total. The predicted molar refractivity (Wildman–Crippen MR) is 69.5 cm³/mol. The molecule has 0 aliphatic carbocycles. The quantitative estimate of drug-likeness (QED) is 0.758. The first-order valence-corrected chi connectivity index (χ1v) is 6.17. The van der Waals surface area contributed by atoms with Crippen LogP contribution >= 0.6 is 0 Å². The van der Waals surface area contributed by atoms with Gasteiger partial charge >= 0.3 is 0 Å². The van der Waals surface area contributed by atoms with Crippen LogP contribution < -0.4 is 0 Å². The van der Waals surface area contributed by atoms with Gasteiger partial charge in [0.15, 0.2) is 5.78 Å². The Balaban J connectivity index is 2.11. The molecule has 0 fully saturated rings. The van der Waals surface area contributed by atoms with Crippen molar-refractivity contribution in [3.63, 3.8) is 0 Å². The summed E-state index contributed by atoms with van der Waals surface area (Å²) in [6.45, 7) is 4.88. The van der Waals surface area contributed by atoms with Gasteiger partial charge in [-0.05, 0) is 13.3 Å². The molecule has 0 amide bonds. The average molecular weight is 243 g/mol. The van der Waals surface area contributed by atoms with Gasteiger partial charge in [0.2, 0.25) is 0 Å². The first kappa shape index (κ1) is 12.5. The average Bonchev–Trinajstić information content (AvgIpc) is 2.78. The van der Waals surface area contributed by atoms with Crippen LogP contribution in [0.2, 0.25) is 0 Å². The lowest BCUT2D eigenvalue weighted by molar-refractivity contribution is 0.0989. The van der Waals surface area contributed by atoms with Crippen molar-refractivity contribution in [3.8, 4) is 0 Å². The second-order valence-corrected chi connectivity index (χ2v) is 4.37. The van der Waals surface area contributed by atoms with E-state index in [-0.39, 0.29) is 5.78 Å². The molecule has 1 aromatic carbocycles. The first-order chi connectivity index (χ1) is 8.70. The van der Waals surface area contributed by atoms with Crippen molar-refractivity contribution in [3.05, 3.63) is 47.5 Å². The third-order valence-electron chi connectivity index (χ3n) is 2.82. The highest BCUT2D eigenvalue weighted by Gasteiger charge is 2.11. The molecule has 94 valence electrons. The lowest BCUT2D eigenvalue weighted by atomic mass is 10.1. The van der Waals surface area contributed by atoms with E-state index < -0.39 is 0 Å². The number of benzene rings is 1. The fourth-order valence-corrected chi connectivity index (χ4v) is 1.81. The summed E-state index contributed by atoms with van der Waals surface area (Å²) in [4.78, 5) is 16.2. The first-order valence-electron chi connectivity index (χ1n) is 6.17. The summed E-state index contributed by atoms with van der Waals surface area (Å²) in [6, 6.07) is 7.62. The Bertz CT molecular complexity index is 528. The third kappa shape index (κ3) is 2.83. The lowest BCUT2D eigenvalue weighted by Gasteiger charge is -2.04. The summed E-state index contributed by atoms with van der Waals surface area (Å²) >= 11 is 0. The fraction of sp³-hybridized carbons (Fsp3) is 0.357. The maximum Gasteiger partial charge on any atom is 0.170 e. The van der Waals surface area contributed by atoms with Crippen LogP contribution in [0.3, 0.4) is 0 Å². The topological polar surface area (TPSA) is 47.8 Å². The molecule has 0 bridgehead atoms. The van der Waals surface area contributed by atoms with Crippen LogP contribution in [-0.4, -0.2) is 20.5 Å². The van der Waals surface area contributed by atoms with Crippen LogP contribution in [0.4, 0.5) is 0 Å². The highest BCUT2D eigenvalue weighted by Crippen LogP contribution is 2.07. The Hall–Kier alpha value is -1.97. The number of hydrogen-bond donors (Lipinski definition) is 0. The summed E-state index contributed by atoms with van der Waals surface area (Å²) in [7, 11) is 0. The largest absolute Gasteiger partial charge is 0.294 e. The molecule has 0 aliphatic rings. The number of aryl methyl sites for hydroxylation is 2. The van der Waals surface area contributed by atoms with Crippen LogP contribution in [0.15, 0.2) is 30.6 Å². The molecule has 0 N–H and O–H groups in total. The second-order valence-electron chi connectivity index (χ2n) is 4.37. The fourth-order valence-electron chi connectivity index (χ4n) is 1.81. The molecule has 0 saturated heterocycles. The molecule has 4 heteroatoms. The Labute approximate surface area is 107 Å². The van der Waals surface area contributed by atoms with Crippen LogP contribution in [0.5, 0.6) is 0 Å². The molecule has 0 unspecified atom stereocenters. The Morgan fingerprint density at radius 2 is 2.00 bits per heavy atom. The van der Waals surface area contributed by atoms with E-state index >= 15 is 0 Å². The highest BCUT2D eigenvalue weighted by atomic mass is 16.1. The number of carbonyl (C=O) groups is 1. The predicted octanol–water partition coefficient (Wildman–Crippen LogP) is 2.42. The molecule has 2 rings (SSSR count). The Kier molecular flexibility index (Phi) is 3.87. The van der Waals surface area contributed by atoms with Gasteiger partial charge < -0.3 is 0 Å². The van der Waals surface area contributed by atoms with Gasteiger partial charge in [0.05, 0.1) is 6.42 Å². The summed E-state index contributed by atoms with van der Waals surface area (Å²) < 4.78 is 1.80. The third-order valence-corrected chi connectivity index (χ3v) is 2.82. The number of Topliss-reactive ketones (excluding diaryl/α,β-unsaturated/α-hetero) is 1. The minimum atomic E-state index is 0.0837. The maximum atomic E-state index is 12.1. The summed E-state index contributed by atoms with van der Waals surface area (Å²) in [5.74, 6) is 0.822. The number of aromatic nitrogens is 3. The monoisotopic (exact) mass is 243 g/mol. The standard InChI is InChI=1S/C14H17N3O/c1-3-8-17-14(15-10-16-17)9-13(18)12-6-4-11(2)5-7-12/h4-7,10H,3,8-9H2,1-2H3. The van der Waals surface area contributed by atoms with Crippen molar-refractivity contribution < 1.29 is 4.79 Å². The van der Waals surface area contributed by atoms with E-state index in [1.807, 2.05) is 31.2 Å². The van der Waals surface area contributed by atoms with Gasteiger partial charge in [-0.25, -0.2) is 9.67 Å². The van der Waals surface area contributed by atoms with Gasteiger partial charge in [-0.1, -0.05) is 36.8 Å². The zero-order valence-corrected chi connectivity index (χ0v) is 10.8. The molecule has 0 spiro atoms. The molecule has 0 atom stereocenters. The smallest absolute Gasteiger partial charge is 0.170 e. The van der Waals surface area contributed by atoms with E-state index in [2.05, 4.69) is 17.0 Å². The molecule has 2 aromatic rings. The number of hydrogen-bond acceptors (Lipinski definition) is 3. The minimum Gasteiger partial charge on any atom is -0.294 e. The number of nitrogens with zero attached hydrogens (tertiary/aromatic N) is 3. The second kappa shape index (κ2) is 5.58. The van der Waals surface area contributed by atoms with E-state index in [4.69, 9.17) is 0 Å². The van der Waals surface area contributed by atoms with Crippen LogP contribution in [0.1, 0.15) is 35.1 Å². The summed E-state index contributed by atoms with van der Waals surface area (Å²) in [6.07, 6.45) is 2.80. The Morgan fingerprint density at radius 3 is 2.67 bits per heavy atom. The van der Waals surface area contributed by atoms with Gasteiger partial charge in [0, 0.05) is 12.1 Å². The Morgan fingerprint density at radius 1 is 1.28 bits per heavy atom. The molecular formula is C14H17N3O. The summed E-state index contributed by atoms with van der Waals surface area (Å²) in [5.41, 5.74) is 1.88. The lowest BCUT2D eigenvalue weighted by Crippen LogP contribution is -2.11. The number of carbonyl (C=O) groups excluding carboxylic acids is 1. The molecule has 0 saturated carbocycles. The van der Waals surface area contributed by atoms with Gasteiger partial charge in [0.1, 0.15) is 12.2 Å². The van der Waals surface area contributed by atoms with Crippen molar-refractivity contribution >= 4 is 5.78 Å². The van der Waals surface area contributed by atoms with Gasteiger partial charge in [-0.3, -0.25) is 4.79 Å². The van der Waals surface area contributed by atoms with E-state index in [1.54, 1.807) is 4.68 Å². The van der Waals surface area contributed by atoms with Crippen molar-refractivity contribution in [2.45, 2.75) is 33.2 Å². The molecular weight excluding hydrogens is 226 g/mol. The maximum absolute atomic E-state index is 12.1. The molecule has 0 radical (unpaired) electrons. The van der Waals surface area contributed by atoms with E-state index in [0.29, 0.717) is 6.42 Å². The zero-order chi connectivity index (χ0) is 13.0.